The Morgan fingerprint density at radius 3 is 2.54 bits per heavy atom. The van der Waals surface area contributed by atoms with E-state index < -0.39 is 0 Å². The van der Waals surface area contributed by atoms with Crippen molar-refractivity contribution in [1.82, 2.24) is 15.5 Å². The first-order chi connectivity index (χ1) is 11.2. The zero-order valence-corrected chi connectivity index (χ0v) is 17.8. The largest absolute Gasteiger partial charge is 0.356 e. The van der Waals surface area contributed by atoms with Crippen molar-refractivity contribution < 1.29 is 0 Å². The van der Waals surface area contributed by atoms with Gasteiger partial charge in [0.05, 0.1) is 0 Å². The number of guanidine groups is 1. The van der Waals surface area contributed by atoms with Crippen LogP contribution < -0.4 is 10.6 Å². The summed E-state index contributed by atoms with van der Waals surface area (Å²) in [6.07, 6.45) is 4.75. The highest BCUT2D eigenvalue weighted by Crippen LogP contribution is 2.18. The van der Waals surface area contributed by atoms with Crippen LogP contribution in [0.25, 0.3) is 0 Å². The molecule has 0 aliphatic carbocycles. The molecule has 0 amide bonds. The fraction of sp³-hybridized carbons (Fsp3) is 0.611. The molecule has 0 saturated carbocycles. The molecular formula is C18H30ClIN4. The van der Waals surface area contributed by atoms with Gasteiger partial charge in [-0.25, -0.2) is 0 Å². The average Bonchev–Trinajstić information content (AvgIpc) is 2.57. The fourth-order valence-corrected chi connectivity index (χ4v) is 3.21. The van der Waals surface area contributed by atoms with E-state index in [0.29, 0.717) is 0 Å². The molecule has 0 bridgehead atoms. The third-order valence-electron chi connectivity index (χ3n) is 4.55. The lowest BCUT2D eigenvalue weighted by Gasteiger charge is -2.29. The van der Waals surface area contributed by atoms with Gasteiger partial charge >= 0.3 is 0 Å². The van der Waals surface area contributed by atoms with E-state index in [0.717, 1.165) is 36.4 Å². The van der Waals surface area contributed by atoms with Gasteiger partial charge < -0.3 is 15.5 Å². The van der Waals surface area contributed by atoms with Crippen molar-refractivity contribution in [3.8, 4) is 0 Å². The van der Waals surface area contributed by atoms with Gasteiger partial charge in [-0.05, 0) is 63.4 Å². The van der Waals surface area contributed by atoms with Crippen LogP contribution in [-0.4, -0.2) is 51.1 Å². The Hall–Kier alpha value is -0.530. The highest BCUT2D eigenvalue weighted by atomic mass is 127. The van der Waals surface area contributed by atoms with E-state index in [9.17, 15) is 0 Å². The van der Waals surface area contributed by atoms with Crippen molar-refractivity contribution >= 4 is 41.5 Å². The summed E-state index contributed by atoms with van der Waals surface area (Å²) in [6.45, 7) is 4.28. The minimum absolute atomic E-state index is 0. The van der Waals surface area contributed by atoms with E-state index in [-0.39, 0.29) is 24.0 Å². The lowest BCUT2D eigenvalue weighted by atomic mass is 9.94. The van der Waals surface area contributed by atoms with E-state index in [1.807, 2.05) is 25.2 Å². The highest BCUT2D eigenvalue weighted by Gasteiger charge is 2.16. The second kappa shape index (κ2) is 11.9. The van der Waals surface area contributed by atoms with Crippen LogP contribution in [0.15, 0.2) is 29.3 Å². The zero-order chi connectivity index (χ0) is 16.5. The van der Waals surface area contributed by atoms with Gasteiger partial charge in [-0.3, -0.25) is 4.99 Å². The first-order valence-electron chi connectivity index (χ1n) is 8.55. The maximum atomic E-state index is 6.18. The van der Waals surface area contributed by atoms with Crippen LogP contribution in [0, 0.1) is 5.92 Å². The van der Waals surface area contributed by atoms with Crippen LogP contribution in [0.5, 0.6) is 0 Å². The Morgan fingerprint density at radius 1 is 1.21 bits per heavy atom. The molecule has 0 atom stereocenters. The molecule has 6 heteroatoms. The second-order valence-corrected chi connectivity index (χ2v) is 6.71. The predicted octanol–water partition coefficient (Wildman–Crippen LogP) is 3.40. The van der Waals surface area contributed by atoms with Crippen LogP contribution in [-0.2, 0) is 6.42 Å². The molecular weight excluding hydrogens is 435 g/mol. The molecule has 1 aliphatic heterocycles. The van der Waals surface area contributed by atoms with Crippen LogP contribution in [0.2, 0.25) is 5.02 Å². The van der Waals surface area contributed by atoms with Crippen molar-refractivity contribution in [3.05, 3.63) is 34.9 Å². The maximum absolute atomic E-state index is 6.18. The summed E-state index contributed by atoms with van der Waals surface area (Å²) in [5.41, 5.74) is 1.17. The topological polar surface area (TPSA) is 39.7 Å². The molecule has 4 nitrogen and oxygen atoms in total. The lowest BCUT2D eigenvalue weighted by molar-refractivity contribution is 0.213. The lowest BCUT2D eigenvalue weighted by Crippen LogP contribution is -2.39. The molecule has 0 spiro atoms. The molecule has 0 aromatic heterocycles. The third-order valence-corrected chi connectivity index (χ3v) is 4.92. The van der Waals surface area contributed by atoms with E-state index in [2.05, 4.69) is 33.6 Å². The predicted molar refractivity (Wildman–Crippen MR) is 115 cm³/mol. The van der Waals surface area contributed by atoms with Gasteiger partial charge in [-0.1, -0.05) is 29.8 Å². The Balaban J connectivity index is 0.00000288. The molecule has 1 saturated heterocycles. The van der Waals surface area contributed by atoms with Crippen molar-refractivity contribution in [3.63, 3.8) is 0 Å². The number of halogens is 2. The van der Waals surface area contributed by atoms with Gasteiger partial charge in [-0.2, -0.15) is 0 Å². The standard InChI is InChI=1S/C18H29ClN4.HI/c1-20-18(21-11-7-15-9-13-23(2)14-10-15)22-12-8-16-5-3-4-6-17(16)19;/h3-6,15H,7-14H2,1-2H3,(H2,20,21,22);1H. The quantitative estimate of drug-likeness (QED) is 0.385. The molecule has 1 heterocycles. The van der Waals surface area contributed by atoms with Gasteiger partial charge in [0.15, 0.2) is 5.96 Å². The molecule has 24 heavy (non-hydrogen) atoms. The number of likely N-dealkylation sites (tertiary alicyclic amines) is 1. The molecule has 1 aromatic carbocycles. The zero-order valence-electron chi connectivity index (χ0n) is 14.7. The van der Waals surface area contributed by atoms with Gasteiger partial charge in [0.1, 0.15) is 0 Å². The number of piperidine rings is 1. The van der Waals surface area contributed by atoms with E-state index in [1.54, 1.807) is 0 Å². The number of nitrogens with zero attached hydrogens (tertiary/aromatic N) is 2. The highest BCUT2D eigenvalue weighted by molar-refractivity contribution is 14.0. The summed E-state index contributed by atoms with van der Waals surface area (Å²) in [7, 11) is 4.03. The Kier molecular flexibility index (Phi) is 10.7. The summed E-state index contributed by atoms with van der Waals surface area (Å²) in [4.78, 5) is 6.71. The monoisotopic (exact) mass is 464 g/mol. The van der Waals surface area contributed by atoms with Crippen LogP contribution in [0.3, 0.4) is 0 Å². The first kappa shape index (κ1) is 21.5. The number of aliphatic imine (C=N–C) groups is 1. The minimum Gasteiger partial charge on any atom is -0.356 e. The fourth-order valence-electron chi connectivity index (χ4n) is 2.98. The van der Waals surface area contributed by atoms with E-state index >= 15 is 0 Å². The van der Waals surface area contributed by atoms with E-state index in [1.165, 1.54) is 37.9 Å². The summed E-state index contributed by atoms with van der Waals surface area (Å²) in [5, 5.41) is 7.62. The van der Waals surface area contributed by atoms with Crippen LogP contribution in [0.1, 0.15) is 24.8 Å². The number of hydrogen-bond donors (Lipinski definition) is 2. The molecule has 1 aromatic rings. The molecule has 136 valence electrons. The summed E-state index contributed by atoms with van der Waals surface area (Å²) in [6, 6.07) is 7.99. The van der Waals surface area contributed by atoms with Gasteiger partial charge in [-0.15, -0.1) is 24.0 Å². The maximum Gasteiger partial charge on any atom is 0.190 e. The molecule has 0 radical (unpaired) electrons. The smallest absolute Gasteiger partial charge is 0.190 e. The van der Waals surface area contributed by atoms with Crippen LogP contribution >= 0.6 is 35.6 Å². The Bertz CT molecular complexity index is 502. The van der Waals surface area contributed by atoms with Crippen molar-refractivity contribution in [2.24, 2.45) is 10.9 Å². The first-order valence-corrected chi connectivity index (χ1v) is 8.93. The number of benzene rings is 1. The van der Waals surface area contributed by atoms with Gasteiger partial charge in [0, 0.05) is 25.2 Å². The van der Waals surface area contributed by atoms with E-state index in [4.69, 9.17) is 11.6 Å². The number of rotatable bonds is 6. The number of hydrogen-bond acceptors (Lipinski definition) is 2. The summed E-state index contributed by atoms with van der Waals surface area (Å²) < 4.78 is 0. The van der Waals surface area contributed by atoms with Crippen molar-refractivity contribution in [1.29, 1.82) is 0 Å². The molecule has 1 aliphatic rings. The third kappa shape index (κ3) is 7.57. The van der Waals surface area contributed by atoms with Crippen molar-refractivity contribution in [2.45, 2.75) is 25.7 Å². The molecule has 2 rings (SSSR count). The van der Waals surface area contributed by atoms with Crippen molar-refractivity contribution in [2.75, 3.05) is 40.3 Å². The molecule has 1 fully saturated rings. The van der Waals surface area contributed by atoms with Crippen LogP contribution in [0.4, 0.5) is 0 Å². The normalized spacial score (nSPS) is 16.5. The summed E-state index contributed by atoms with van der Waals surface area (Å²) in [5.74, 6) is 1.73. The SMILES string of the molecule is CN=C(NCCc1ccccc1Cl)NCCC1CCN(C)CC1.I. The van der Waals surface area contributed by atoms with Gasteiger partial charge in [0.2, 0.25) is 0 Å². The average molecular weight is 465 g/mol. The minimum atomic E-state index is 0. The summed E-state index contributed by atoms with van der Waals surface area (Å²) >= 11 is 6.18. The van der Waals surface area contributed by atoms with Gasteiger partial charge in [0.25, 0.3) is 0 Å². The second-order valence-electron chi connectivity index (χ2n) is 6.30. The Morgan fingerprint density at radius 2 is 1.88 bits per heavy atom. The molecule has 2 N–H and O–H groups in total. The Labute approximate surface area is 168 Å². The number of nitrogens with one attached hydrogen (secondary N) is 2. The molecule has 0 unspecified atom stereocenters.